The number of nitrogens with one attached hydrogen (secondary N) is 1. The van der Waals surface area contributed by atoms with E-state index in [0.29, 0.717) is 5.56 Å². The van der Waals surface area contributed by atoms with Gasteiger partial charge in [-0.25, -0.2) is 8.78 Å². The lowest BCUT2D eigenvalue weighted by Gasteiger charge is -2.17. The summed E-state index contributed by atoms with van der Waals surface area (Å²) in [6.07, 6.45) is 1.37. The van der Waals surface area contributed by atoms with Crippen molar-refractivity contribution in [3.63, 3.8) is 0 Å². The molecule has 2 amide bonds. The maximum absolute atomic E-state index is 14.1. The first-order chi connectivity index (χ1) is 16.1. The van der Waals surface area contributed by atoms with E-state index in [9.17, 15) is 28.3 Å². The number of fused-ring (bicyclic) bond motifs is 1. The highest BCUT2D eigenvalue weighted by molar-refractivity contribution is 6.01. The van der Waals surface area contributed by atoms with E-state index in [2.05, 4.69) is 10.3 Å². The highest BCUT2D eigenvalue weighted by Gasteiger charge is 2.24. The first-order valence-corrected chi connectivity index (χ1v) is 10.3. The third-order valence-corrected chi connectivity index (χ3v) is 5.16. The fourth-order valence-corrected chi connectivity index (χ4v) is 3.32. The summed E-state index contributed by atoms with van der Waals surface area (Å²) in [5.74, 6) is -3.37. The molecule has 180 valence electrons. The summed E-state index contributed by atoms with van der Waals surface area (Å²) in [6, 6.07) is 4.65. The fourth-order valence-electron chi connectivity index (χ4n) is 3.32. The molecular formula is C23H24F2N4O5. The summed E-state index contributed by atoms with van der Waals surface area (Å²) in [5.41, 5.74) is -0.793. The van der Waals surface area contributed by atoms with Crippen molar-refractivity contribution in [2.75, 3.05) is 34.4 Å². The number of nitrogens with zero attached hydrogens (tertiary/aromatic N) is 3. The van der Waals surface area contributed by atoms with Crippen molar-refractivity contribution in [1.82, 2.24) is 19.8 Å². The summed E-state index contributed by atoms with van der Waals surface area (Å²) >= 11 is 0. The van der Waals surface area contributed by atoms with Crippen LogP contribution >= 0.6 is 0 Å². The molecule has 0 spiro atoms. The van der Waals surface area contributed by atoms with E-state index in [4.69, 9.17) is 4.74 Å². The first kappa shape index (κ1) is 24.8. The van der Waals surface area contributed by atoms with Gasteiger partial charge in [-0.1, -0.05) is 6.07 Å². The molecular weight excluding hydrogens is 450 g/mol. The molecule has 3 aromatic rings. The second-order valence-corrected chi connectivity index (χ2v) is 7.78. The van der Waals surface area contributed by atoms with Crippen molar-refractivity contribution in [3.05, 3.63) is 69.1 Å². The standard InChI is InChI=1S/C23H24F2N4O5/c1-28(2)18(30)12-29-17-9-13(8-14-4-5-15(24)10-16(14)25)11-27-20(17)21(31)19(23(29)33)22(32)26-6-7-34-3/h4-5,9-11,31H,6-8,12H2,1-3H3,(H,26,32). The van der Waals surface area contributed by atoms with Crippen LogP contribution < -0.4 is 10.9 Å². The molecule has 1 aromatic carbocycles. The number of rotatable bonds is 8. The minimum Gasteiger partial charge on any atom is -0.505 e. The highest BCUT2D eigenvalue weighted by Crippen LogP contribution is 2.26. The number of pyridine rings is 2. The fraction of sp³-hybridized carbons (Fsp3) is 0.304. The van der Waals surface area contributed by atoms with Gasteiger partial charge in [-0.2, -0.15) is 0 Å². The largest absolute Gasteiger partial charge is 0.505 e. The average Bonchev–Trinajstić information content (AvgIpc) is 2.78. The van der Waals surface area contributed by atoms with E-state index in [0.717, 1.165) is 16.7 Å². The van der Waals surface area contributed by atoms with Gasteiger partial charge in [0, 0.05) is 46.4 Å². The smallest absolute Gasteiger partial charge is 0.268 e. The Balaban J connectivity index is 2.15. The molecule has 0 saturated carbocycles. The number of ether oxygens (including phenoxy) is 1. The van der Waals surface area contributed by atoms with Crippen molar-refractivity contribution in [2.24, 2.45) is 0 Å². The van der Waals surface area contributed by atoms with E-state index in [1.54, 1.807) is 0 Å². The van der Waals surface area contributed by atoms with Crippen LogP contribution in [0.15, 0.2) is 35.3 Å². The SMILES string of the molecule is COCCNC(=O)c1c(O)c2ncc(Cc3ccc(F)cc3F)cc2n(CC(=O)N(C)C)c1=O. The molecule has 0 aliphatic heterocycles. The van der Waals surface area contributed by atoms with Gasteiger partial charge in [0.05, 0.1) is 12.1 Å². The molecule has 2 aromatic heterocycles. The molecule has 0 fully saturated rings. The van der Waals surface area contributed by atoms with E-state index in [-0.39, 0.29) is 36.2 Å². The zero-order valence-electron chi connectivity index (χ0n) is 18.9. The monoisotopic (exact) mass is 474 g/mol. The lowest BCUT2D eigenvalue weighted by atomic mass is 10.0. The van der Waals surface area contributed by atoms with Crippen LogP contribution in [0, 0.1) is 11.6 Å². The van der Waals surface area contributed by atoms with Crippen molar-refractivity contribution < 1.29 is 28.2 Å². The second kappa shape index (κ2) is 10.4. The van der Waals surface area contributed by atoms with Gasteiger partial charge in [0.1, 0.15) is 29.3 Å². The normalized spacial score (nSPS) is 11.0. The molecule has 11 heteroatoms. The van der Waals surface area contributed by atoms with Crippen molar-refractivity contribution >= 4 is 22.8 Å². The summed E-state index contributed by atoms with van der Waals surface area (Å²) in [7, 11) is 4.46. The van der Waals surface area contributed by atoms with Crippen LogP contribution in [0.2, 0.25) is 0 Å². The first-order valence-electron chi connectivity index (χ1n) is 10.3. The van der Waals surface area contributed by atoms with Gasteiger partial charge < -0.3 is 20.1 Å². The summed E-state index contributed by atoms with van der Waals surface area (Å²) in [6.45, 7) is -0.134. The molecule has 0 aliphatic rings. The highest BCUT2D eigenvalue weighted by atomic mass is 19.1. The Labute approximate surface area is 193 Å². The lowest BCUT2D eigenvalue weighted by Crippen LogP contribution is -2.37. The van der Waals surface area contributed by atoms with Gasteiger partial charge in [-0.15, -0.1) is 0 Å². The van der Waals surface area contributed by atoms with Gasteiger partial charge in [-0.05, 0) is 23.3 Å². The molecule has 2 heterocycles. The van der Waals surface area contributed by atoms with Gasteiger partial charge in [0.15, 0.2) is 5.75 Å². The molecule has 0 radical (unpaired) electrons. The zero-order chi connectivity index (χ0) is 25.0. The number of hydrogen-bond donors (Lipinski definition) is 2. The Bertz CT molecular complexity index is 1310. The van der Waals surface area contributed by atoms with Gasteiger partial charge in [0.2, 0.25) is 5.91 Å². The summed E-state index contributed by atoms with van der Waals surface area (Å²) in [4.78, 5) is 43.7. The third-order valence-electron chi connectivity index (χ3n) is 5.16. The van der Waals surface area contributed by atoms with Crippen LogP contribution in [0.3, 0.4) is 0 Å². The number of aromatic hydroxyl groups is 1. The van der Waals surface area contributed by atoms with Crippen molar-refractivity contribution in [2.45, 2.75) is 13.0 Å². The zero-order valence-corrected chi connectivity index (χ0v) is 18.9. The quantitative estimate of drug-likeness (QED) is 0.478. The number of hydrogen-bond acceptors (Lipinski definition) is 6. The Morgan fingerprint density at radius 1 is 1.24 bits per heavy atom. The minimum absolute atomic E-state index is 0.0187. The molecule has 0 atom stereocenters. The molecule has 0 saturated heterocycles. The van der Waals surface area contributed by atoms with Crippen molar-refractivity contribution in [3.8, 4) is 5.75 Å². The maximum Gasteiger partial charge on any atom is 0.268 e. The molecule has 2 N–H and O–H groups in total. The number of carbonyl (C=O) groups excluding carboxylic acids is 2. The Morgan fingerprint density at radius 3 is 2.62 bits per heavy atom. The Hall–Kier alpha value is -3.86. The predicted molar refractivity (Wildman–Crippen MR) is 120 cm³/mol. The molecule has 0 unspecified atom stereocenters. The molecule has 0 bridgehead atoms. The van der Waals surface area contributed by atoms with Crippen LogP contribution in [0.1, 0.15) is 21.5 Å². The predicted octanol–water partition coefficient (Wildman–Crippen LogP) is 1.44. The minimum atomic E-state index is -0.887. The van der Waals surface area contributed by atoms with Crippen LogP contribution in [-0.4, -0.2) is 65.7 Å². The molecule has 0 aliphatic carbocycles. The molecule has 3 rings (SSSR count). The van der Waals surface area contributed by atoms with E-state index < -0.39 is 46.9 Å². The van der Waals surface area contributed by atoms with Crippen LogP contribution in [0.25, 0.3) is 11.0 Å². The maximum atomic E-state index is 14.1. The number of carbonyl (C=O) groups is 2. The Kier molecular flexibility index (Phi) is 7.57. The van der Waals surface area contributed by atoms with Crippen LogP contribution in [0.4, 0.5) is 8.78 Å². The third kappa shape index (κ3) is 5.20. The average molecular weight is 474 g/mol. The van der Waals surface area contributed by atoms with Gasteiger partial charge in [-0.3, -0.25) is 23.9 Å². The van der Waals surface area contributed by atoms with Crippen LogP contribution in [0.5, 0.6) is 5.75 Å². The summed E-state index contributed by atoms with van der Waals surface area (Å²) < 4.78 is 33.3. The number of amides is 2. The van der Waals surface area contributed by atoms with E-state index in [1.807, 2.05) is 0 Å². The molecule has 34 heavy (non-hydrogen) atoms. The second-order valence-electron chi connectivity index (χ2n) is 7.78. The lowest BCUT2D eigenvalue weighted by molar-refractivity contribution is -0.129. The van der Waals surface area contributed by atoms with Crippen molar-refractivity contribution in [1.29, 1.82) is 0 Å². The van der Waals surface area contributed by atoms with Gasteiger partial charge in [0.25, 0.3) is 11.5 Å². The topological polar surface area (TPSA) is 114 Å². The van der Waals surface area contributed by atoms with E-state index >= 15 is 0 Å². The summed E-state index contributed by atoms with van der Waals surface area (Å²) in [5, 5.41) is 13.2. The number of halogens is 2. The molecule has 9 nitrogen and oxygen atoms in total. The van der Waals surface area contributed by atoms with Crippen LogP contribution in [-0.2, 0) is 22.5 Å². The number of likely N-dealkylation sites (N-methyl/N-ethyl adjacent to an activating group) is 1. The number of methoxy groups -OCH3 is 1. The number of aromatic nitrogens is 2. The Morgan fingerprint density at radius 2 is 1.97 bits per heavy atom. The van der Waals surface area contributed by atoms with E-state index in [1.165, 1.54) is 44.4 Å². The number of benzene rings is 1. The van der Waals surface area contributed by atoms with Gasteiger partial charge >= 0.3 is 0 Å².